The van der Waals surface area contributed by atoms with Crippen molar-refractivity contribution in [3.8, 4) is 5.75 Å². The second kappa shape index (κ2) is 9.76. The summed E-state index contributed by atoms with van der Waals surface area (Å²) >= 11 is 0. The zero-order chi connectivity index (χ0) is 19.8. The summed E-state index contributed by atoms with van der Waals surface area (Å²) in [6.45, 7) is 6.03. The molecule has 0 spiro atoms. The average molecular weight is 369 g/mol. The summed E-state index contributed by atoms with van der Waals surface area (Å²) in [5.41, 5.74) is 1.91. The number of hydrogen-bond donors (Lipinski definition) is 0. The number of benzene rings is 2. The van der Waals surface area contributed by atoms with E-state index in [0.29, 0.717) is 6.42 Å². The van der Waals surface area contributed by atoms with Crippen molar-refractivity contribution in [1.82, 2.24) is 4.90 Å². The number of carbonyl (C=O) groups excluding carboxylic acids is 2. The van der Waals surface area contributed by atoms with Gasteiger partial charge in [-0.25, -0.2) is 9.69 Å². The van der Waals surface area contributed by atoms with Crippen LogP contribution in [-0.2, 0) is 16.0 Å². The molecule has 1 aliphatic heterocycles. The first-order valence-electron chi connectivity index (χ1n) is 9.28. The highest BCUT2D eigenvalue weighted by Gasteiger charge is 2.39. The molecule has 27 heavy (non-hydrogen) atoms. The fourth-order valence-corrected chi connectivity index (χ4v) is 3.01. The predicted molar refractivity (Wildman–Crippen MR) is 105 cm³/mol. The zero-order valence-corrected chi connectivity index (χ0v) is 16.3. The van der Waals surface area contributed by atoms with Gasteiger partial charge >= 0.3 is 6.09 Å². The number of imide groups is 1. The van der Waals surface area contributed by atoms with E-state index in [1.165, 1.54) is 4.90 Å². The molecule has 0 bridgehead atoms. The summed E-state index contributed by atoms with van der Waals surface area (Å²) in [7, 11) is 1.60. The maximum atomic E-state index is 12.9. The first-order valence-corrected chi connectivity index (χ1v) is 9.28. The monoisotopic (exact) mass is 369 g/mol. The Kier molecular flexibility index (Phi) is 7.41. The second-order valence-electron chi connectivity index (χ2n) is 6.12. The number of rotatable bonds is 5. The molecular formula is C22H27NO4. The van der Waals surface area contributed by atoms with Gasteiger partial charge in [0.1, 0.15) is 12.4 Å². The molecule has 144 valence electrons. The summed E-state index contributed by atoms with van der Waals surface area (Å²) in [5.74, 6) is 0.0503. The van der Waals surface area contributed by atoms with E-state index in [2.05, 4.69) is 0 Å². The summed E-state index contributed by atoms with van der Waals surface area (Å²) in [4.78, 5) is 26.3. The van der Waals surface area contributed by atoms with E-state index < -0.39 is 12.0 Å². The van der Waals surface area contributed by atoms with E-state index in [-0.39, 0.29) is 18.6 Å². The standard InChI is InChI=1S/C20H21NO4.C2H6/c1-14(16-8-10-18(24-2)11-9-16)19(22)21-17(13-25-20(21)23)12-15-6-4-3-5-7-15;1-2/h3-11,14,17H,12-13H2,1-2H3;1-2H3. The Labute approximate surface area is 160 Å². The minimum atomic E-state index is -0.564. The predicted octanol–water partition coefficient (Wildman–Crippen LogP) is 4.42. The number of nitrogens with zero attached hydrogens (tertiary/aromatic N) is 1. The number of hydrogen-bond acceptors (Lipinski definition) is 4. The number of amides is 2. The summed E-state index contributed by atoms with van der Waals surface area (Å²) in [5, 5.41) is 0. The van der Waals surface area contributed by atoms with Crippen molar-refractivity contribution in [3.05, 3.63) is 65.7 Å². The molecule has 2 amide bonds. The van der Waals surface area contributed by atoms with Gasteiger partial charge < -0.3 is 9.47 Å². The van der Waals surface area contributed by atoms with E-state index in [4.69, 9.17) is 9.47 Å². The minimum absolute atomic E-state index is 0.231. The lowest BCUT2D eigenvalue weighted by molar-refractivity contribution is -0.130. The zero-order valence-electron chi connectivity index (χ0n) is 16.3. The third-order valence-electron chi connectivity index (χ3n) is 4.50. The molecular weight excluding hydrogens is 342 g/mol. The van der Waals surface area contributed by atoms with E-state index >= 15 is 0 Å². The number of ether oxygens (including phenoxy) is 2. The molecule has 5 nitrogen and oxygen atoms in total. The largest absolute Gasteiger partial charge is 0.497 e. The van der Waals surface area contributed by atoms with Crippen LogP contribution in [0.15, 0.2) is 54.6 Å². The Balaban J connectivity index is 0.00000126. The second-order valence-corrected chi connectivity index (χ2v) is 6.12. The lowest BCUT2D eigenvalue weighted by atomic mass is 9.98. The van der Waals surface area contributed by atoms with Gasteiger partial charge in [0.05, 0.1) is 19.1 Å². The number of cyclic esters (lactones) is 1. The Morgan fingerprint density at radius 1 is 1.15 bits per heavy atom. The molecule has 2 aromatic carbocycles. The molecule has 0 aliphatic carbocycles. The third kappa shape index (κ3) is 4.88. The van der Waals surface area contributed by atoms with Gasteiger partial charge in [0.2, 0.25) is 5.91 Å². The van der Waals surface area contributed by atoms with Crippen LogP contribution in [0.5, 0.6) is 5.75 Å². The van der Waals surface area contributed by atoms with Crippen LogP contribution >= 0.6 is 0 Å². The van der Waals surface area contributed by atoms with Crippen LogP contribution in [0.2, 0.25) is 0 Å². The van der Waals surface area contributed by atoms with Crippen LogP contribution in [0.1, 0.15) is 37.8 Å². The van der Waals surface area contributed by atoms with Gasteiger partial charge in [-0.3, -0.25) is 4.79 Å². The molecule has 0 saturated carbocycles. The molecule has 1 saturated heterocycles. The van der Waals surface area contributed by atoms with Crippen molar-refractivity contribution in [2.45, 2.75) is 39.2 Å². The maximum Gasteiger partial charge on any atom is 0.417 e. The van der Waals surface area contributed by atoms with Gasteiger partial charge in [-0.1, -0.05) is 56.3 Å². The van der Waals surface area contributed by atoms with Crippen LogP contribution in [-0.4, -0.2) is 36.7 Å². The van der Waals surface area contributed by atoms with Crippen molar-refractivity contribution in [3.63, 3.8) is 0 Å². The van der Waals surface area contributed by atoms with E-state index in [0.717, 1.165) is 16.9 Å². The van der Waals surface area contributed by atoms with Gasteiger partial charge in [0.15, 0.2) is 0 Å². The first kappa shape index (κ1) is 20.5. The normalized spacial score (nSPS) is 16.8. The molecule has 0 radical (unpaired) electrons. The summed E-state index contributed by atoms with van der Waals surface area (Å²) in [6, 6.07) is 16.8. The quantitative estimate of drug-likeness (QED) is 0.783. The lowest BCUT2D eigenvalue weighted by Crippen LogP contribution is -2.42. The molecule has 3 rings (SSSR count). The van der Waals surface area contributed by atoms with E-state index in [1.54, 1.807) is 14.0 Å². The van der Waals surface area contributed by atoms with Gasteiger partial charge in [-0.05, 0) is 36.6 Å². The number of methoxy groups -OCH3 is 1. The molecule has 2 atom stereocenters. The fraction of sp³-hybridized carbons (Fsp3) is 0.364. The maximum absolute atomic E-state index is 12.9. The lowest BCUT2D eigenvalue weighted by Gasteiger charge is -2.23. The summed E-state index contributed by atoms with van der Waals surface area (Å²) < 4.78 is 10.3. The van der Waals surface area contributed by atoms with Gasteiger partial charge in [0.25, 0.3) is 0 Å². The minimum Gasteiger partial charge on any atom is -0.497 e. The van der Waals surface area contributed by atoms with Crippen LogP contribution in [0.3, 0.4) is 0 Å². The Morgan fingerprint density at radius 3 is 2.37 bits per heavy atom. The molecule has 2 aromatic rings. The van der Waals surface area contributed by atoms with Crippen LogP contribution < -0.4 is 4.74 Å². The molecule has 2 unspecified atom stereocenters. The highest BCUT2D eigenvalue weighted by molar-refractivity contribution is 5.97. The third-order valence-corrected chi connectivity index (χ3v) is 4.50. The Hall–Kier alpha value is -2.82. The molecule has 1 fully saturated rings. The van der Waals surface area contributed by atoms with E-state index in [1.807, 2.05) is 68.4 Å². The van der Waals surface area contributed by atoms with E-state index in [9.17, 15) is 9.59 Å². The highest BCUT2D eigenvalue weighted by Crippen LogP contribution is 2.26. The van der Waals surface area contributed by atoms with Gasteiger partial charge in [-0.2, -0.15) is 0 Å². The van der Waals surface area contributed by atoms with Crippen molar-refractivity contribution in [1.29, 1.82) is 0 Å². The van der Waals surface area contributed by atoms with Crippen molar-refractivity contribution >= 4 is 12.0 Å². The summed E-state index contributed by atoms with van der Waals surface area (Å²) in [6.07, 6.45) is 0.0273. The van der Waals surface area contributed by atoms with Gasteiger partial charge in [0, 0.05) is 0 Å². The first-order chi connectivity index (χ1) is 13.1. The number of carbonyl (C=O) groups is 2. The van der Waals surface area contributed by atoms with Crippen LogP contribution in [0.25, 0.3) is 0 Å². The SMILES string of the molecule is CC.COc1ccc(C(C)C(=O)N2C(=O)OCC2Cc2ccccc2)cc1. The smallest absolute Gasteiger partial charge is 0.417 e. The van der Waals surface area contributed by atoms with Crippen molar-refractivity contribution in [2.75, 3.05) is 13.7 Å². The Morgan fingerprint density at radius 2 is 1.78 bits per heavy atom. The van der Waals surface area contributed by atoms with Crippen LogP contribution in [0, 0.1) is 0 Å². The van der Waals surface area contributed by atoms with Crippen molar-refractivity contribution < 1.29 is 19.1 Å². The molecule has 1 aliphatic rings. The van der Waals surface area contributed by atoms with Crippen LogP contribution in [0.4, 0.5) is 4.79 Å². The molecule has 5 heteroatoms. The highest BCUT2D eigenvalue weighted by atomic mass is 16.6. The Bertz CT molecular complexity index is 743. The van der Waals surface area contributed by atoms with Gasteiger partial charge in [-0.15, -0.1) is 0 Å². The molecule has 1 heterocycles. The average Bonchev–Trinajstić information content (AvgIpc) is 3.09. The molecule has 0 aromatic heterocycles. The molecule has 0 N–H and O–H groups in total. The van der Waals surface area contributed by atoms with Crippen molar-refractivity contribution in [2.24, 2.45) is 0 Å². The topological polar surface area (TPSA) is 55.8 Å². The fourth-order valence-electron chi connectivity index (χ4n) is 3.01.